The molecule has 0 heterocycles. The zero-order chi connectivity index (χ0) is 24.3. The number of hydrogen-bond acceptors (Lipinski definition) is 7. The molecule has 2 rings (SSSR count). The van der Waals surface area contributed by atoms with Crippen LogP contribution in [0.2, 0.25) is 0 Å². The normalized spacial score (nSPS) is 13.7. The number of ether oxygens (including phenoxy) is 2. The maximum absolute atomic E-state index is 12.9. The standard InChI is InChI=1S/C25H31ClN2O5/c1-24(2,3)33-23(30)25(27,22(29)31-17-19-10-6-4-7-11-19)15-14-21(16-26)28-32-18-20-12-8-5-9-13-20/h4-13H,14-18,27H2,1-3H3/t25-/m0/s1. The Morgan fingerprint density at radius 3 is 1.97 bits per heavy atom. The van der Waals surface area contributed by atoms with E-state index in [1.165, 1.54) is 0 Å². The second kappa shape index (κ2) is 12.4. The molecule has 0 aliphatic carbocycles. The number of rotatable bonds is 11. The van der Waals surface area contributed by atoms with Gasteiger partial charge in [0.05, 0.1) is 11.6 Å². The van der Waals surface area contributed by atoms with Crippen molar-refractivity contribution in [1.29, 1.82) is 0 Å². The molecule has 178 valence electrons. The molecule has 33 heavy (non-hydrogen) atoms. The van der Waals surface area contributed by atoms with Gasteiger partial charge in [-0.15, -0.1) is 11.6 Å². The highest BCUT2D eigenvalue weighted by atomic mass is 35.5. The molecule has 0 aliphatic heterocycles. The summed E-state index contributed by atoms with van der Waals surface area (Å²) in [7, 11) is 0. The molecule has 0 unspecified atom stereocenters. The molecular formula is C25H31ClN2O5. The summed E-state index contributed by atoms with van der Waals surface area (Å²) in [6, 6.07) is 18.6. The summed E-state index contributed by atoms with van der Waals surface area (Å²) in [5, 5.41) is 4.05. The maximum atomic E-state index is 12.9. The van der Waals surface area contributed by atoms with E-state index in [2.05, 4.69) is 5.16 Å². The van der Waals surface area contributed by atoms with Crippen molar-refractivity contribution in [3.05, 3.63) is 71.8 Å². The number of alkyl halides is 1. The molecular weight excluding hydrogens is 444 g/mol. The fourth-order valence-electron chi connectivity index (χ4n) is 2.76. The Balaban J connectivity index is 2.08. The Hall–Kier alpha value is -2.90. The van der Waals surface area contributed by atoms with Crippen molar-refractivity contribution in [3.63, 3.8) is 0 Å². The number of oxime groups is 1. The van der Waals surface area contributed by atoms with Gasteiger partial charge in [0.15, 0.2) is 0 Å². The molecule has 7 nitrogen and oxygen atoms in total. The molecule has 2 N–H and O–H groups in total. The second-order valence-electron chi connectivity index (χ2n) is 8.59. The second-order valence-corrected chi connectivity index (χ2v) is 8.85. The van der Waals surface area contributed by atoms with Gasteiger partial charge in [0, 0.05) is 0 Å². The number of hydrogen-bond donors (Lipinski definition) is 1. The lowest BCUT2D eigenvalue weighted by molar-refractivity contribution is -0.172. The van der Waals surface area contributed by atoms with E-state index in [1.807, 2.05) is 48.5 Å². The van der Waals surface area contributed by atoms with E-state index in [4.69, 9.17) is 31.6 Å². The third-order valence-electron chi connectivity index (χ3n) is 4.57. The van der Waals surface area contributed by atoms with E-state index in [1.54, 1.807) is 32.9 Å². The van der Waals surface area contributed by atoms with Crippen LogP contribution in [0.1, 0.15) is 44.7 Å². The monoisotopic (exact) mass is 474 g/mol. The third kappa shape index (κ3) is 8.86. The summed E-state index contributed by atoms with van der Waals surface area (Å²) in [6.07, 6.45) is 0.0459. The zero-order valence-corrected chi connectivity index (χ0v) is 20.0. The van der Waals surface area contributed by atoms with Crippen LogP contribution < -0.4 is 5.73 Å². The average Bonchev–Trinajstić information content (AvgIpc) is 2.79. The SMILES string of the molecule is CC(C)(C)OC(=O)[C@](N)(CCC(CCl)=NOCc1ccccc1)C(=O)OCc1ccccc1. The predicted octanol–water partition coefficient (Wildman–Crippen LogP) is 4.36. The molecule has 1 atom stereocenters. The summed E-state index contributed by atoms with van der Waals surface area (Å²) >= 11 is 6.00. The van der Waals surface area contributed by atoms with Crippen LogP contribution in [0.5, 0.6) is 0 Å². The number of esters is 2. The van der Waals surface area contributed by atoms with Gasteiger partial charge in [-0.3, -0.25) is 0 Å². The number of benzene rings is 2. The number of carbonyl (C=O) groups is 2. The van der Waals surface area contributed by atoms with E-state index in [-0.39, 0.29) is 31.9 Å². The molecule has 8 heteroatoms. The molecule has 0 saturated carbocycles. The van der Waals surface area contributed by atoms with Crippen LogP contribution >= 0.6 is 11.6 Å². The van der Waals surface area contributed by atoms with Gasteiger partial charge in [0.1, 0.15) is 18.8 Å². The van der Waals surface area contributed by atoms with Crippen LogP contribution in [0, 0.1) is 0 Å². The van der Waals surface area contributed by atoms with E-state index >= 15 is 0 Å². The van der Waals surface area contributed by atoms with Gasteiger partial charge >= 0.3 is 11.9 Å². The first-order valence-corrected chi connectivity index (χ1v) is 11.2. The molecule has 0 aliphatic rings. The first-order valence-electron chi connectivity index (χ1n) is 10.6. The van der Waals surface area contributed by atoms with E-state index in [0.29, 0.717) is 5.71 Å². The highest BCUT2D eigenvalue weighted by Crippen LogP contribution is 2.21. The number of nitrogens with two attached hydrogens (primary N) is 1. The molecule has 2 aromatic rings. The van der Waals surface area contributed by atoms with Crippen molar-refractivity contribution < 1.29 is 23.9 Å². The lowest BCUT2D eigenvalue weighted by Gasteiger charge is -2.29. The predicted molar refractivity (Wildman–Crippen MR) is 128 cm³/mol. The quantitative estimate of drug-likeness (QED) is 0.171. The minimum Gasteiger partial charge on any atom is -0.459 e. The molecule has 0 saturated heterocycles. The van der Waals surface area contributed by atoms with Crippen LogP contribution in [0.15, 0.2) is 65.8 Å². The summed E-state index contributed by atoms with van der Waals surface area (Å²) in [5.41, 5.74) is 5.61. The minimum atomic E-state index is -2.02. The van der Waals surface area contributed by atoms with Crippen molar-refractivity contribution in [2.45, 2.75) is 58.0 Å². The number of halogens is 1. The van der Waals surface area contributed by atoms with Gasteiger partial charge in [0.2, 0.25) is 5.54 Å². The van der Waals surface area contributed by atoms with Gasteiger partial charge in [-0.25, -0.2) is 9.59 Å². The average molecular weight is 475 g/mol. The molecule has 0 aromatic heterocycles. The van der Waals surface area contributed by atoms with Gasteiger partial charge in [-0.05, 0) is 44.7 Å². The molecule has 0 fully saturated rings. The van der Waals surface area contributed by atoms with Crippen molar-refractivity contribution in [3.8, 4) is 0 Å². The summed E-state index contributed by atoms with van der Waals surface area (Å²) < 4.78 is 10.8. The van der Waals surface area contributed by atoms with Crippen LogP contribution in [0.25, 0.3) is 0 Å². The lowest BCUT2D eigenvalue weighted by atomic mass is 9.93. The first kappa shape index (κ1) is 26.4. The minimum absolute atomic E-state index is 0.0158. The lowest BCUT2D eigenvalue weighted by Crippen LogP contribution is -2.58. The van der Waals surface area contributed by atoms with Crippen molar-refractivity contribution >= 4 is 29.3 Å². The molecule has 2 aromatic carbocycles. The van der Waals surface area contributed by atoms with Crippen LogP contribution in [0.3, 0.4) is 0 Å². The smallest absolute Gasteiger partial charge is 0.338 e. The molecule has 0 amide bonds. The molecule has 0 bridgehead atoms. The number of carbonyl (C=O) groups excluding carboxylic acids is 2. The van der Waals surface area contributed by atoms with Crippen molar-refractivity contribution in [2.24, 2.45) is 10.9 Å². The molecule has 0 spiro atoms. The van der Waals surface area contributed by atoms with E-state index < -0.39 is 23.1 Å². The van der Waals surface area contributed by atoms with Gasteiger partial charge in [-0.1, -0.05) is 65.8 Å². The Bertz CT molecular complexity index is 929. The topological polar surface area (TPSA) is 100 Å². The maximum Gasteiger partial charge on any atom is 0.338 e. The fraction of sp³-hybridized carbons (Fsp3) is 0.400. The van der Waals surface area contributed by atoms with E-state index in [0.717, 1.165) is 11.1 Å². The third-order valence-corrected chi connectivity index (χ3v) is 4.88. The largest absolute Gasteiger partial charge is 0.459 e. The van der Waals surface area contributed by atoms with Gasteiger partial charge in [-0.2, -0.15) is 0 Å². The molecule has 0 radical (unpaired) electrons. The zero-order valence-electron chi connectivity index (χ0n) is 19.3. The summed E-state index contributed by atoms with van der Waals surface area (Å²) in [6.45, 7) is 5.34. The first-order chi connectivity index (χ1) is 15.6. The fourth-order valence-corrected chi connectivity index (χ4v) is 2.94. The Kier molecular flexibility index (Phi) is 9.88. The highest BCUT2D eigenvalue weighted by Gasteiger charge is 2.46. The Labute approximate surface area is 199 Å². The van der Waals surface area contributed by atoms with Crippen molar-refractivity contribution in [2.75, 3.05) is 5.88 Å². The van der Waals surface area contributed by atoms with Gasteiger partial charge < -0.3 is 20.0 Å². The van der Waals surface area contributed by atoms with Gasteiger partial charge in [0.25, 0.3) is 0 Å². The van der Waals surface area contributed by atoms with Crippen LogP contribution in [-0.4, -0.2) is 34.7 Å². The number of nitrogens with zero attached hydrogens (tertiary/aromatic N) is 1. The van der Waals surface area contributed by atoms with Crippen LogP contribution in [0.4, 0.5) is 0 Å². The summed E-state index contributed by atoms with van der Waals surface area (Å²) in [4.78, 5) is 31.2. The highest BCUT2D eigenvalue weighted by molar-refractivity contribution is 6.28. The summed E-state index contributed by atoms with van der Waals surface area (Å²) in [5.74, 6) is -1.69. The van der Waals surface area contributed by atoms with Crippen molar-refractivity contribution in [1.82, 2.24) is 0 Å². The van der Waals surface area contributed by atoms with Crippen LogP contribution in [-0.2, 0) is 37.1 Å². The Morgan fingerprint density at radius 1 is 0.909 bits per heavy atom. The Morgan fingerprint density at radius 2 is 1.45 bits per heavy atom. The van der Waals surface area contributed by atoms with E-state index in [9.17, 15) is 9.59 Å².